The van der Waals surface area contributed by atoms with Gasteiger partial charge in [0.25, 0.3) is 0 Å². The van der Waals surface area contributed by atoms with Crippen LogP contribution in [0, 0.1) is 0 Å². The van der Waals surface area contributed by atoms with Crippen LogP contribution in [0.5, 0.6) is 0 Å². The van der Waals surface area contributed by atoms with Gasteiger partial charge in [0.2, 0.25) is 0 Å². The molecule has 0 aromatic carbocycles. The number of unbranched alkanes of at least 4 members (excludes halogenated alkanes) is 12. The van der Waals surface area contributed by atoms with Crippen molar-refractivity contribution in [1.82, 2.24) is 0 Å². The summed E-state index contributed by atoms with van der Waals surface area (Å²) < 4.78 is 17.3. The molecule has 2 N–H and O–H groups in total. The maximum absolute atomic E-state index is 11.3. The van der Waals surface area contributed by atoms with Crippen molar-refractivity contribution in [3.8, 4) is 0 Å². The smallest absolute Gasteiger partial charge is 0.324 e. The molecular formula is C25H51NO4P+. The minimum atomic E-state index is -4.43. The van der Waals surface area contributed by atoms with Gasteiger partial charge < -0.3 is 14.3 Å². The molecule has 31 heavy (non-hydrogen) atoms. The molecule has 1 atom stereocenters. The highest BCUT2D eigenvalue weighted by molar-refractivity contribution is 7.46. The lowest BCUT2D eigenvalue weighted by molar-refractivity contribution is -0.903. The van der Waals surface area contributed by atoms with E-state index < -0.39 is 7.82 Å². The number of likely N-dealkylation sites (N-methyl/N-ethyl adjacent to an activating group) is 1. The van der Waals surface area contributed by atoms with Crippen molar-refractivity contribution >= 4 is 7.82 Å². The average Bonchev–Trinajstić information content (AvgIpc) is 3.52. The zero-order chi connectivity index (χ0) is 23.0. The van der Waals surface area contributed by atoms with E-state index in [1.165, 1.54) is 89.9 Å². The molecule has 1 rings (SSSR count). The normalized spacial score (nSPS) is 16.3. The molecule has 0 aromatic heterocycles. The Morgan fingerprint density at radius 2 is 1.35 bits per heavy atom. The number of nitrogens with zero attached hydrogens (tertiary/aromatic N) is 1. The first-order valence-electron chi connectivity index (χ1n) is 13.0. The molecule has 0 radical (unpaired) electrons. The second-order valence-corrected chi connectivity index (χ2v) is 11.3. The van der Waals surface area contributed by atoms with Crippen molar-refractivity contribution in [2.24, 2.45) is 0 Å². The summed E-state index contributed by atoms with van der Waals surface area (Å²) in [5.74, 6) is 0. The summed E-state index contributed by atoms with van der Waals surface area (Å²) in [6.45, 7) is 2.95. The van der Waals surface area contributed by atoms with Gasteiger partial charge in [0.1, 0.15) is 12.6 Å². The standard InChI is InChI=1S/C25H50NO4P/c1-4-5-6-7-8-9-10-11-12-13-14-15-16-17-18-19-20-25(30-31(27,28)29)23-26(2,3)24-21-22-24/h11-12,24-25H,4-10,13-23H2,1-3H3,(H-,27,28,29)/p+1/b12-11-. The van der Waals surface area contributed by atoms with Gasteiger partial charge in [-0.15, -0.1) is 0 Å². The molecular weight excluding hydrogens is 409 g/mol. The fraction of sp³-hybridized carbons (Fsp3) is 0.920. The summed E-state index contributed by atoms with van der Waals surface area (Å²) in [5, 5.41) is 0. The number of quaternary nitrogens is 1. The maximum Gasteiger partial charge on any atom is 0.470 e. The fourth-order valence-corrected chi connectivity index (χ4v) is 5.00. The van der Waals surface area contributed by atoms with E-state index in [1.54, 1.807) is 0 Å². The highest BCUT2D eigenvalue weighted by Gasteiger charge is 2.40. The van der Waals surface area contributed by atoms with Crippen LogP contribution in [0.15, 0.2) is 12.2 Å². The van der Waals surface area contributed by atoms with Crippen molar-refractivity contribution in [2.45, 2.75) is 128 Å². The third-order valence-electron chi connectivity index (χ3n) is 6.53. The summed E-state index contributed by atoms with van der Waals surface area (Å²) in [5.41, 5.74) is 0. The Balaban J connectivity index is 2.01. The summed E-state index contributed by atoms with van der Waals surface area (Å²) in [6, 6.07) is 0.628. The molecule has 0 amide bonds. The lowest BCUT2D eigenvalue weighted by Gasteiger charge is -2.33. The number of hydrogen-bond acceptors (Lipinski definition) is 2. The molecule has 1 unspecified atom stereocenters. The largest absolute Gasteiger partial charge is 0.470 e. The maximum atomic E-state index is 11.3. The van der Waals surface area contributed by atoms with Gasteiger partial charge in [-0.3, -0.25) is 4.52 Å². The molecule has 0 saturated heterocycles. The highest BCUT2D eigenvalue weighted by Crippen LogP contribution is 2.40. The first-order chi connectivity index (χ1) is 14.7. The highest BCUT2D eigenvalue weighted by atomic mass is 31.2. The topological polar surface area (TPSA) is 66.8 Å². The Hall–Kier alpha value is -0.190. The van der Waals surface area contributed by atoms with Crippen molar-refractivity contribution < 1.29 is 23.4 Å². The molecule has 1 aliphatic carbocycles. The Morgan fingerprint density at radius 1 is 0.871 bits per heavy atom. The minimum absolute atomic E-state index is 0.354. The number of hydrogen-bond donors (Lipinski definition) is 2. The number of rotatable bonds is 21. The number of allylic oxidation sites excluding steroid dienone is 2. The van der Waals surface area contributed by atoms with Gasteiger partial charge in [-0.05, 0) is 32.1 Å². The third kappa shape index (κ3) is 17.0. The van der Waals surface area contributed by atoms with Gasteiger partial charge in [0, 0.05) is 12.8 Å². The van der Waals surface area contributed by atoms with Crippen LogP contribution in [0.2, 0.25) is 0 Å². The summed E-state index contributed by atoms with van der Waals surface area (Å²) in [7, 11) is -0.128. The quantitative estimate of drug-likeness (QED) is 0.0827. The molecule has 1 aliphatic rings. The van der Waals surface area contributed by atoms with Crippen LogP contribution in [-0.2, 0) is 9.09 Å². The van der Waals surface area contributed by atoms with E-state index >= 15 is 0 Å². The summed E-state index contributed by atoms with van der Waals surface area (Å²) in [4.78, 5) is 18.5. The molecule has 0 spiro atoms. The second kappa shape index (κ2) is 16.4. The predicted molar refractivity (Wildman–Crippen MR) is 131 cm³/mol. The van der Waals surface area contributed by atoms with E-state index in [-0.39, 0.29) is 6.10 Å². The molecule has 0 heterocycles. The van der Waals surface area contributed by atoms with E-state index in [0.717, 1.165) is 23.7 Å². The molecule has 1 saturated carbocycles. The van der Waals surface area contributed by atoms with Crippen LogP contribution in [0.3, 0.4) is 0 Å². The van der Waals surface area contributed by atoms with Crippen LogP contribution in [0.25, 0.3) is 0 Å². The van der Waals surface area contributed by atoms with Crippen molar-refractivity contribution in [1.29, 1.82) is 0 Å². The SMILES string of the molecule is CCCCCCCC/C=C\CCCCCCCCC(C[N+](C)(C)C1CC1)OP(=O)(O)O. The Morgan fingerprint density at radius 3 is 1.84 bits per heavy atom. The molecule has 0 aliphatic heterocycles. The van der Waals surface area contributed by atoms with Crippen LogP contribution in [-0.4, -0.2) is 47.1 Å². The van der Waals surface area contributed by atoms with Crippen molar-refractivity contribution in [3.05, 3.63) is 12.2 Å². The van der Waals surface area contributed by atoms with Crippen LogP contribution < -0.4 is 0 Å². The Labute approximate surface area is 192 Å². The molecule has 1 fully saturated rings. The first kappa shape index (κ1) is 28.8. The van der Waals surface area contributed by atoms with Crippen LogP contribution in [0.4, 0.5) is 0 Å². The predicted octanol–water partition coefficient (Wildman–Crippen LogP) is 7.13. The fourth-order valence-electron chi connectivity index (χ4n) is 4.44. The monoisotopic (exact) mass is 460 g/mol. The van der Waals surface area contributed by atoms with Crippen LogP contribution in [0.1, 0.15) is 116 Å². The minimum Gasteiger partial charge on any atom is -0.324 e. The second-order valence-electron chi connectivity index (χ2n) is 10.1. The first-order valence-corrected chi connectivity index (χ1v) is 14.5. The molecule has 0 bridgehead atoms. The lowest BCUT2D eigenvalue weighted by atomic mass is 10.1. The molecule has 0 aromatic rings. The van der Waals surface area contributed by atoms with Crippen molar-refractivity contribution in [2.75, 3.05) is 20.6 Å². The Bertz CT molecular complexity index is 514. The van der Waals surface area contributed by atoms with Crippen LogP contribution >= 0.6 is 7.82 Å². The van der Waals surface area contributed by atoms with E-state index in [9.17, 15) is 14.4 Å². The average molecular weight is 461 g/mol. The van der Waals surface area contributed by atoms with Gasteiger partial charge in [0.15, 0.2) is 0 Å². The number of phosphoric acid groups is 1. The van der Waals surface area contributed by atoms with E-state index in [4.69, 9.17) is 4.52 Å². The van der Waals surface area contributed by atoms with Gasteiger partial charge in [-0.2, -0.15) is 0 Å². The molecule has 184 valence electrons. The van der Waals surface area contributed by atoms with E-state index in [0.29, 0.717) is 12.6 Å². The summed E-state index contributed by atoms with van der Waals surface area (Å²) in [6.07, 6.45) is 25.3. The van der Waals surface area contributed by atoms with Gasteiger partial charge >= 0.3 is 7.82 Å². The number of phosphoric ester groups is 1. The van der Waals surface area contributed by atoms with Gasteiger partial charge in [0.05, 0.1) is 20.1 Å². The van der Waals surface area contributed by atoms with Gasteiger partial charge in [-0.25, -0.2) is 4.57 Å². The molecule has 6 heteroatoms. The zero-order valence-electron chi connectivity index (χ0n) is 20.6. The lowest BCUT2D eigenvalue weighted by Crippen LogP contribution is -2.47. The summed E-state index contributed by atoms with van der Waals surface area (Å²) >= 11 is 0. The van der Waals surface area contributed by atoms with E-state index in [1.807, 2.05) is 0 Å². The zero-order valence-corrected chi connectivity index (χ0v) is 21.5. The van der Waals surface area contributed by atoms with E-state index in [2.05, 4.69) is 33.2 Å². The van der Waals surface area contributed by atoms with Gasteiger partial charge in [-0.1, -0.05) is 83.3 Å². The van der Waals surface area contributed by atoms with Crippen molar-refractivity contribution in [3.63, 3.8) is 0 Å². The molecule has 5 nitrogen and oxygen atoms in total. The third-order valence-corrected chi connectivity index (χ3v) is 7.11. The Kier molecular flexibility index (Phi) is 15.3.